The highest BCUT2D eigenvalue weighted by Crippen LogP contribution is 2.09. The van der Waals surface area contributed by atoms with Gasteiger partial charge in [-0.15, -0.1) is 0 Å². The second-order valence-corrected chi connectivity index (χ2v) is 4.26. The Hall–Kier alpha value is -0.540. The predicted octanol–water partition coefficient (Wildman–Crippen LogP) is 2.60. The Morgan fingerprint density at radius 3 is 2.60 bits per heavy atom. The second kappa shape index (κ2) is 6.13. The van der Waals surface area contributed by atoms with Crippen molar-refractivity contribution < 1.29 is 0 Å². The third-order valence-electron chi connectivity index (χ3n) is 2.90. The Morgan fingerprint density at radius 2 is 2.13 bits per heavy atom. The van der Waals surface area contributed by atoms with Gasteiger partial charge in [-0.1, -0.05) is 38.3 Å². The van der Waals surface area contributed by atoms with Crippen LogP contribution in [0.15, 0.2) is 6.20 Å². The Labute approximate surface area is 96.8 Å². The van der Waals surface area contributed by atoms with E-state index in [1.165, 1.54) is 12.8 Å². The minimum absolute atomic E-state index is 0.689. The van der Waals surface area contributed by atoms with Crippen molar-refractivity contribution in [1.29, 1.82) is 0 Å². The Balaban J connectivity index is 2.34. The van der Waals surface area contributed by atoms with Crippen LogP contribution in [0, 0.1) is 5.92 Å². The number of nitrogens with one attached hydrogen (secondary N) is 1. The first-order valence-corrected chi connectivity index (χ1v) is 5.93. The van der Waals surface area contributed by atoms with Gasteiger partial charge in [-0.3, -0.25) is 0 Å². The summed E-state index contributed by atoms with van der Waals surface area (Å²) in [5.41, 5.74) is 0. The number of rotatable bonds is 6. The van der Waals surface area contributed by atoms with Gasteiger partial charge in [0.2, 0.25) is 0 Å². The van der Waals surface area contributed by atoms with Crippen molar-refractivity contribution >= 4 is 11.6 Å². The van der Waals surface area contributed by atoms with Crippen LogP contribution in [0.4, 0.5) is 0 Å². The maximum absolute atomic E-state index is 5.90. The molecule has 0 spiro atoms. The molecule has 0 saturated heterocycles. The molecule has 0 fully saturated rings. The summed E-state index contributed by atoms with van der Waals surface area (Å²) in [5, 5.41) is 4.10. The fraction of sp³-hybridized carbons (Fsp3) is 0.727. The van der Waals surface area contributed by atoms with Crippen molar-refractivity contribution in [2.24, 2.45) is 13.0 Å². The van der Waals surface area contributed by atoms with Crippen molar-refractivity contribution in [3.63, 3.8) is 0 Å². The van der Waals surface area contributed by atoms with Gasteiger partial charge in [-0.25, -0.2) is 4.98 Å². The Kier molecular flexibility index (Phi) is 5.12. The summed E-state index contributed by atoms with van der Waals surface area (Å²) in [6.07, 6.45) is 4.14. The molecule has 1 N–H and O–H groups in total. The van der Waals surface area contributed by atoms with E-state index in [1.807, 2.05) is 11.6 Å². The van der Waals surface area contributed by atoms with Crippen molar-refractivity contribution in [1.82, 2.24) is 14.9 Å². The minimum Gasteiger partial charge on any atom is -0.321 e. The third kappa shape index (κ3) is 3.50. The highest BCUT2D eigenvalue weighted by atomic mass is 35.5. The van der Waals surface area contributed by atoms with E-state index < -0.39 is 0 Å². The van der Waals surface area contributed by atoms with E-state index in [2.05, 4.69) is 24.1 Å². The lowest BCUT2D eigenvalue weighted by Gasteiger charge is -2.12. The fourth-order valence-electron chi connectivity index (χ4n) is 1.55. The van der Waals surface area contributed by atoms with Crippen LogP contribution >= 0.6 is 11.6 Å². The molecule has 3 nitrogen and oxygen atoms in total. The Morgan fingerprint density at radius 1 is 1.47 bits per heavy atom. The number of imidazole rings is 1. The summed E-state index contributed by atoms with van der Waals surface area (Å²) in [6, 6.07) is 0. The summed E-state index contributed by atoms with van der Waals surface area (Å²) < 4.78 is 1.90. The van der Waals surface area contributed by atoms with Crippen LogP contribution in [0.3, 0.4) is 0 Å². The highest BCUT2D eigenvalue weighted by molar-refractivity contribution is 6.29. The van der Waals surface area contributed by atoms with Gasteiger partial charge < -0.3 is 9.88 Å². The first-order valence-electron chi connectivity index (χ1n) is 5.55. The fourth-order valence-corrected chi connectivity index (χ4v) is 1.70. The Bertz CT molecular complexity index is 292. The van der Waals surface area contributed by atoms with E-state index >= 15 is 0 Å². The standard InChI is InChI=1S/C11H20ClN3/c1-4-9(5-2)6-13-8-11-14-7-10(12)15(11)3/h7,9,13H,4-6,8H2,1-3H3. The molecule has 0 radical (unpaired) electrons. The zero-order chi connectivity index (χ0) is 11.3. The van der Waals surface area contributed by atoms with Crippen molar-refractivity contribution in [2.75, 3.05) is 6.54 Å². The minimum atomic E-state index is 0.689. The topological polar surface area (TPSA) is 29.9 Å². The average molecular weight is 230 g/mol. The molecule has 0 atom stereocenters. The summed E-state index contributed by atoms with van der Waals surface area (Å²) in [5.74, 6) is 1.76. The molecule has 1 aromatic rings. The van der Waals surface area contributed by atoms with E-state index in [0.29, 0.717) is 5.15 Å². The van der Waals surface area contributed by atoms with Crippen LogP contribution in [-0.4, -0.2) is 16.1 Å². The molecule has 1 heterocycles. The summed E-state index contributed by atoms with van der Waals surface area (Å²) in [6.45, 7) is 6.30. The molecule has 0 aliphatic heterocycles. The van der Waals surface area contributed by atoms with Crippen molar-refractivity contribution in [3.05, 3.63) is 17.2 Å². The number of hydrogen-bond acceptors (Lipinski definition) is 2. The molecular formula is C11H20ClN3. The molecule has 86 valence electrons. The maximum Gasteiger partial charge on any atom is 0.128 e. The largest absolute Gasteiger partial charge is 0.321 e. The lowest BCUT2D eigenvalue weighted by atomic mass is 10.0. The SMILES string of the molecule is CCC(CC)CNCc1ncc(Cl)n1C. The number of halogens is 1. The molecule has 0 amide bonds. The average Bonchev–Trinajstić information content (AvgIpc) is 2.56. The van der Waals surface area contributed by atoms with E-state index in [9.17, 15) is 0 Å². The van der Waals surface area contributed by atoms with Gasteiger partial charge in [-0.2, -0.15) is 0 Å². The van der Waals surface area contributed by atoms with Gasteiger partial charge in [0.25, 0.3) is 0 Å². The molecule has 0 aliphatic rings. The molecule has 15 heavy (non-hydrogen) atoms. The van der Waals surface area contributed by atoms with E-state index in [-0.39, 0.29) is 0 Å². The van der Waals surface area contributed by atoms with E-state index in [0.717, 1.165) is 24.8 Å². The van der Waals surface area contributed by atoms with E-state index in [4.69, 9.17) is 11.6 Å². The van der Waals surface area contributed by atoms with Crippen LogP contribution in [-0.2, 0) is 13.6 Å². The molecule has 0 aliphatic carbocycles. The summed E-state index contributed by atoms with van der Waals surface area (Å²) in [7, 11) is 1.93. The van der Waals surface area contributed by atoms with Gasteiger partial charge >= 0.3 is 0 Å². The van der Waals surface area contributed by atoms with Gasteiger partial charge in [0.15, 0.2) is 0 Å². The lowest BCUT2D eigenvalue weighted by Crippen LogP contribution is -2.23. The lowest BCUT2D eigenvalue weighted by molar-refractivity contribution is 0.444. The van der Waals surface area contributed by atoms with Gasteiger partial charge in [-0.05, 0) is 12.5 Å². The quantitative estimate of drug-likeness (QED) is 0.813. The molecule has 1 aromatic heterocycles. The zero-order valence-corrected chi connectivity index (χ0v) is 10.5. The smallest absolute Gasteiger partial charge is 0.128 e. The highest BCUT2D eigenvalue weighted by Gasteiger charge is 2.06. The second-order valence-electron chi connectivity index (χ2n) is 3.87. The molecule has 0 saturated carbocycles. The molecule has 1 rings (SSSR count). The predicted molar refractivity (Wildman–Crippen MR) is 64.0 cm³/mol. The van der Waals surface area contributed by atoms with Crippen molar-refractivity contribution in [3.8, 4) is 0 Å². The van der Waals surface area contributed by atoms with E-state index in [1.54, 1.807) is 6.20 Å². The first kappa shape index (κ1) is 12.5. The van der Waals surface area contributed by atoms with Gasteiger partial charge in [0.1, 0.15) is 11.0 Å². The maximum atomic E-state index is 5.90. The summed E-state index contributed by atoms with van der Waals surface area (Å²) in [4.78, 5) is 4.23. The molecule has 0 bridgehead atoms. The van der Waals surface area contributed by atoms with Gasteiger partial charge in [0, 0.05) is 7.05 Å². The third-order valence-corrected chi connectivity index (χ3v) is 3.25. The first-order chi connectivity index (χ1) is 7.19. The van der Waals surface area contributed by atoms with Crippen LogP contribution < -0.4 is 5.32 Å². The normalized spacial score (nSPS) is 11.3. The van der Waals surface area contributed by atoms with Crippen molar-refractivity contribution in [2.45, 2.75) is 33.2 Å². The molecule has 4 heteroatoms. The number of hydrogen-bond donors (Lipinski definition) is 1. The molecular weight excluding hydrogens is 210 g/mol. The van der Waals surface area contributed by atoms with Crippen LogP contribution in [0.2, 0.25) is 5.15 Å². The van der Waals surface area contributed by atoms with Crippen LogP contribution in [0.25, 0.3) is 0 Å². The monoisotopic (exact) mass is 229 g/mol. The summed E-state index contributed by atoms with van der Waals surface area (Å²) >= 11 is 5.90. The van der Waals surface area contributed by atoms with Crippen LogP contribution in [0.1, 0.15) is 32.5 Å². The number of aromatic nitrogens is 2. The van der Waals surface area contributed by atoms with Crippen LogP contribution in [0.5, 0.6) is 0 Å². The molecule has 0 aromatic carbocycles. The number of nitrogens with zero attached hydrogens (tertiary/aromatic N) is 2. The molecule has 0 unspecified atom stereocenters. The zero-order valence-electron chi connectivity index (χ0n) is 9.76. The van der Waals surface area contributed by atoms with Gasteiger partial charge in [0.05, 0.1) is 12.7 Å².